The first-order chi connectivity index (χ1) is 17.1. The van der Waals surface area contributed by atoms with E-state index in [0.717, 1.165) is 41.8 Å². The number of hydrogen-bond donors (Lipinski definition) is 1. The molecule has 0 aliphatic heterocycles. The van der Waals surface area contributed by atoms with Crippen LogP contribution in [0.5, 0.6) is 11.5 Å². The normalized spacial score (nSPS) is 14.7. The second-order valence-corrected chi connectivity index (χ2v) is 10.9. The first-order valence-electron chi connectivity index (χ1n) is 12.0. The van der Waals surface area contributed by atoms with Crippen molar-refractivity contribution in [2.24, 2.45) is 0 Å². The molecule has 0 saturated heterocycles. The summed E-state index contributed by atoms with van der Waals surface area (Å²) in [5.41, 5.74) is 1.01. The van der Waals surface area contributed by atoms with Gasteiger partial charge in [-0.25, -0.2) is 8.42 Å². The second kappa shape index (κ2) is 12.1. The van der Waals surface area contributed by atoms with Crippen molar-refractivity contribution in [1.29, 1.82) is 0 Å². The zero-order chi connectivity index (χ0) is 26.3. The van der Waals surface area contributed by atoms with Crippen LogP contribution in [0.1, 0.15) is 38.2 Å². The Bertz CT molecular complexity index is 1160. The minimum absolute atomic E-state index is 0.0924. The monoisotopic (exact) mass is 517 g/mol. The second-order valence-electron chi connectivity index (χ2n) is 8.98. The lowest BCUT2D eigenvalue weighted by Gasteiger charge is -2.32. The summed E-state index contributed by atoms with van der Waals surface area (Å²) in [7, 11) is -0.853. The van der Waals surface area contributed by atoms with Crippen LogP contribution >= 0.6 is 0 Å². The molecule has 0 radical (unpaired) electrons. The van der Waals surface area contributed by atoms with E-state index in [0.29, 0.717) is 11.5 Å². The fourth-order valence-electron chi connectivity index (χ4n) is 4.37. The van der Waals surface area contributed by atoms with Crippen LogP contribution in [-0.4, -0.2) is 64.2 Å². The molecule has 1 fully saturated rings. The Hall–Kier alpha value is -3.27. The van der Waals surface area contributed by atoms with E-state index in [-0.39, 0.29) is 24.2 Å². The van der Waals surface area contributed by atoms with Crippen molar-refractivity contribution in [3.63, 3.8) is 0 Å². The summed E-state index contributed by atoms with van der Waals surface area (Å²) < 4.78 is 37.1. The van der Waals surface area contributed by atoms with Crippen LogP contribution in [0.4, 0.5) is 5.69 Å². The lowest BCUT2D eigenvalue weighted by molar-refractivity contribution is -0.139. The van der Waals surface area contributed by atoms with E-state index in [1.165, 1.54) is 12.0 Å². The molecule has 0 unspecified atom stereocenters. The Morgan fingerprint density at radius 2 is 1.75 bits per heavy atom. The Kier molecular flexibility index (Phi) is 9.19. The van der Waals surface area contributed by atoms with Crippen molar-refractivity contribution in [1.82, 2.24) is 10.2 Å². The van der Waals surface area contributed by atoms with E-state index in [2.05, 4.69) is 5.32 Å². The molecule has 1 atom stereocenters. The molecule has 3 rings (SSSR count). The van der Waals surface area contributed by atoms with Crippen LogP contribution in [0.25, 0.3) is 0 Å². The molecule has 2 aromatic rings. The average molecular weight is 518 g/mol. The molecule has 1 N–H and O–H groups in total. The minimum atomic E-state index is -3.84. The van der Waals surface area contributed by atoms with Gasteiger partial charge in [0, 0.05) is 12.6 Å². The molecule has 0 aromatic heterocycles. The van der Waals surface area contributed by atoms with Crippen molar-refractivity contribution in [3.8, 4) is 11.5 Å². The number of carbonyl (C=O) groups excluding carboxylic acids is 2. The molecule has 1 saturated carbocycles. The van der Waals surface area contributed by atoms with Crippen LogP contribution < -0.4 is 19.1 Å². The number of amides is 2. The number of ether oxygens (including phenoxy) is 2. The summed E-state index contributed by atoms with van der Waals surface area (Å²) in [5.74, 6) is 0.168. The summed E-state index contributed by atoms with van der Waals surface area (Å²) in [5, 5.41) is 3.05. The van der Waals surface area contributed by atoms with Crippen LogP contribution in [0.2, 0.25) is 0 Å². The number of rotatable bonds is 11. The zero-order valence-corrected chi connectivity index (χ0v) is 22.1. The van der Waals surface area contributed by atoms with E-state index < -0.39 is 28.5 Å². The number of nitrogens with zero attached hydrogens (tertiary/aromatic N) is 2. The predicted molar refractivity (Wildman–Crippen MR) is 139 cm³/mol. The van der Waals surface area contributed by atoms with Gasteiger partial charge in [0.15, 0.2) is 0 Å². The van der Waals surface area contributed by atoms with Crippen LogP contribution in [0, 0.1) is 0 Å². The SMILES string of the molecule is COc1cccc(CN(C(=O)CN(c2ccccc2OC)S(C)(=O)=O)[C@H](C)C(=O)NC2CCCC2)c1. The summed E-state index contributed by atoms with van der Waals surface area (Å²) in [4.78, 5) is 28.2. The van der Waals surface area contributed by atoms with Gasteiger partial charge >= 0.3 is 0 Å². The van der Waals surface area contributed by atoms with Gasteiger partial charge in [-0.3, -0.25) is 13.9 Å². The molecule has 0 bridgehead atoms. The van der Waals surface area contributed by atoms with E-state index in [1.54, 1.807) is 56.5 Å². The third kappa shape index (κ3) is 6.90. The fourth-order valence-corrected chi connectivity index (χ4v) is 5.23. The highest BCUT2D eigenvalue weighted by Crippen LogP contribution is 2.30. The first kappa shape index (κ1) is 27.3. The Balaban J connectivity index is 1.91. The number of hydrogen-bond acceptors (Lipinski definition) is 6. The van der Waals surface area contributed by atoms with Gasteiger partial charge in [0.05, 0.1) is 26.2 Å². The maximum Gasteiger partial charge on any atom is 0.244 e. The maximum absolute atomic E-state index is 13.7. The summed E-state index contributed by atoms with van der Waals surface area (Å²) >= 11 is 0. The number of benzene rings is 2. The molecule has 196 valence electrons. The summed E-state index contributed by atoms with van der Waals surface area (Å²) in [6.45, 7) is 1.29. The number of methoxy groups -OCH3 is 2. The van der Waals surface area contributed by atoms with Crippen LogP contribution in [-0.2, 0) is 26.2 Å². The molecule has 2 aromatic carbocycles. The zero-order valence-electron chi connectivity index (χ0n) is 21.3. The quantitative estimate of drug-likeness (QED) is 0.491. The van der Waals surface area contributed by atoms with Crippen molar-refractivity contribution >= 4 is 27.5 Å². The van der Waals surface area contributed by atoms with Crippen LogP contribution in [0.15, 0.2) is 48.5 Å². The van der Waals surface area contributed by atoms with Gasteiger partial charge in [-0.1, -0.05) is 37.1 Å². The maximum atomic E-state index is 13.7. The average Bonchev–Trinajstić information content (AvgIpc) is 3.37. The Labute approximate surface area is 213 Å². The van der Waals surface area contributed by atoms with Crippen molar-refractivity contribution in [2.75, 3.05) is 31.3 Å². The summed E-state index contributed by atoms with van der Waals surface area (Å²) in [6.07, 6.45) is 4.99. The van der Waals surface area contributed by atoms with E-state index >= 15 is 0 Å². The molecule has 36 heavy (non-hydrogen) atoms. The van der Waals surface area contributed by atoms with Gasteiger partial charge in [-0.2, -0.15) is 0 Å². The van der Waals surface area contributed by atoms with Crippen molar-refractivity contribution < 1.29 is 27.5 Å². The molecular formula is C26H35N3O6S. The predicted octanol–water partition coefficient (Wildman–Crippen LogP) is 2.95. The van der Waals surface area contributed by atoms with E-state index in [9.17, 15) is 18.0 Å². The van der Waals surface area contributed by atoms with Gasteiger partial charge in [0.25, 0.3) is 0 Å². The topological polar surface area (TPSA) is 105 Å². The van der Waals surface area contributed by atoms with Crippen molar-refractivity contribution in [3.05, 3.63) is 54.1 Å². The molecule has 0 heterocycles. The third-order valence-electron chi connectivity index (χ3n) is 6.39. The number of carbonyl (C=O) groups is 2. The lowest BCUT2D eigenvalue weighted by Crippen LogP contribution is -2.52. The molecule has 1 aliphatic carbocycles. The first-order valence-corrected chi connectivity index (χ1v) is 13.8. The fraction of sp³-hybridized carbons (Fsp3) is 0.462. The van der Waals surface area contributed by atoms with Gasteiger partial charge in [-0.05, 0) is 49.6 Å². The number of para-hydroxylation sites is 2. The largest absolute Gasteiger partial charge is 0.497 e. The standard InChI is InChI=1S/C26H35N3O6S/c1-19(26(31)27-21-11-5-6-12-21)28(17-20-10-9-13-22(16-20)34-2)25(30)18-29(36(4,32)33)23-14-7-8-15-24(23)35-3/h7-10,13-16,19,21H,5-6,11-12,17-18H2,1-4H3,(H,27,31)/t19-/m1/s1. The Morgan fingerprint density at radius 3 is 2.39 bits per heavy atom. The molecular weight excluding hydrogens is 482 g/mol. The summed E-state index contributed by atoms with van der Waals surface area (Å²) in [6, 6.07) is 13.1. The number of anilines is 1. The van der Waals surface area contributed by atoms with Gasteiger partial charge in [0.2, 0.25) is 21.8 Å². The van der Waals surface area contributed by atoms with Gasteiger partial charge in [0.1, 0.15) is 24.1 Å². The van der Waals surface area contributed by atoms with E-state index in [1.807, 2.05) is 6.07 Å². The molecule has 10 heteroatoms. The Morgan fingerprint density at radius 1 is 1.06 bits per heavy atom. The van der Waals surface area contributed by atoms with Gasteiger partial charge < -0.3 is 19.7 Å². The lowest BCUT2D eigenvalue weighted by atomic mass is 10.1. The smallest absolute Gasteiger partial charge is 0.244 e. The number of sulfonamides is 1. The van der Waals surface area contributed by atoms with Crippen molar-refractivity contribution in [2.45, 2.75) is 51.2 Å². The molecule has 0 spiro atoms. The van der Waals surface area contributed by atoms with E-state index in [4.69, 9.17) is 9.47 Å². The third-order valence-corrected chi connectivity index (χ3v) is 7.52. The van der Waals surface area contributed by atoms with Gasteiger partial charge in [-0.15, -0.1) is 0 Å². The molecule has 2 amide bonds. The highest BCUT2D eigenvalue weighted by molar-refractivity contribution is 7.92. The molecule has 1 aliphatic rings. The number of nitrogens with one attached hydrogen (secondary N) is 1. The minimum Gasteiger partial charge on any atom is -0.497 e. The molecule has 9 nitrogen and oxygen atoms in total. The highest BCUT2D eigenvalue weighted by Gasteiger charge is 2.32. The highest BCUT2D eigenvalue weighted by atomic mass is 32.2. The van der Waals surface area contributed by atoms with Crippen LogP contribution in [0.3, 0.4) is 0 Å².